The largest absolute Gasteiger partial charge is 0.477 e. The second-order valence-corrected chi connectivity index (χ2v) is 6.07. The van der Waals surface area contributed by atoms with Gasteiger partial charge in [0.15, 0.2) is 0 Å². The average molecular weight is 324 g/mol. The van der Waals surface area contributed by atoms with Crippen LogP contribution in [-0.4, -0.2) is 32.9 Å². The van der Waals surface area contributed by atoms with E-state index < -0.39 is 5.97 Å². The topological polar surface area (TPSA) is 70.5 Å². The van der Waals surface area contributed by atoms with E-state index in [1.807, 2.05) is 4.90 Å². The highest BCUT2D eigenvalue weighted by molar-refractivity contribution is 5.95. The number of aryl methyl sites for hydroxylation is 1. The van der Waals surface area contributed by atoms with E-state index in [1.54, 1.807) is 0 Å². The number of rotatable bonds is 6. The first-order valence-corrected chi connectivity index (χ1v) is 8.16. The molecular formula is C19H20N2O3. The Hall–Kier alpha value is -2.69. The van der Waals surface area contributed by atoms with Gasteiger partial charge >= 0.3 is 5.97 Å². The number of amides is 1. The molecule has 2 aromatic rings. The Bertz CT molecular complexity index is 734. The summed E-state index contributed by atoms with van der Waals surface area (Å²) in [6, 6.07) is 11.5. The molecule has 1 N–H and O–H groups in total. The van der Waals surface area contributed by atoms with Gasteiger partial charge in [0.2, 0.25) is 0 Å². The van der Waals surface area contributed by atoms with Crippen LogP contribution in [0.3, 0.4) is 0 Å². The standard InChI is InChI=1S/C19H20N2O3/c1-2-13-3-5-14(6-4-13)12-21(16-8-9-16)18(22)15-7-10-17(19(23)24)20-11-15/h3-7,10-11,16H,2,8-9,12H2,1H3,(H,23,24). The lowest BCUT2D eigenvalue weighted by molar-refractivity contribution is 0.0685. The van der Waals surface area contributed by atoms with Crippen molar-refractivity contribution in [3.05, 3.63) is 65.0 Å². The van der Waals surface area contributed by atoms with E-state index in [4.69, 9.17) is 5.11 Å². The molecule has 5 nitrogen and oxygen atoms in total. The Balaban J connectivity index is 1.77. The molecule has 0 bridgehead atoms. The first-order valence-electron chi connectivity index (χ1n) is 8.16. The molecule has 1 fully saturated rings. The highest BCUT2D eigenvalue weighted by Crippen LogP contribution is 2.29. The van der Waals surface area contributed by atoms with Crippen LogP contribution in [0, 0.1) is 0 Å². The Morgan fingerprint density at radius 2 is 1.79 bits per heavy atom. The van der Waals surface area contributed by atoms with Crippen LogP contribution >= 0.6 is 0 Å². The number of benzene rings is 1. The second kappa shape index (κ2) is 6.83. The minimum Gasteiger partial charge on any atom is -0.477 e. The van der Waals surface area contributed by atoms with Crippen LogP contribution in [-0.2, 0) is 13.0 Å². The van der Waals surface area contributed by atoms with E-state index in [-0.39, 0.29) is 17.6 Å². The van der Waals surface area contributed by atoms with Gasteiger partial charge in [0.1, 0.15) is 5.69 Å². The molecule has 1 saturated carbocycles. The minimum absolute atomic E-state index is 0.0559. The number of carboxylic acids is 1. The number of pyridine rings is 1. The number of aromatic nitrogens is 1. The maximum atomic E-state index is 12.8. The summed E-state index contributed by atoms with van der Waals surface area (Å²) in [5.74, 6) is -1.19. The van der Waals surface area contributed by atoms with Crippen molar-refractivity contribution < 1.29 is 14.7 Å². The van der Waals surface area contributed by atoms with Crippen LogP contribution < -0.4 is 0 Å². The zero-order valence-electron chi connectivity index (χ0n) is 13.6. The normalized spacial score (nSPS) is 13.5. The highest BCUT2D eigenvalue weighted by atomic mass is 16.4. The van der Waals surface area contributed by atoms with Crippen LogP contribution in [0.1, 0.15) is 51.7 Å². The van der Waals surface area contributed by atoms with E-state index in [0.29, 0.717) is 12.1 Å². The van der Waals surface area contributed by atoms with Crippen molar-refractivity contribution in [3.63, 3.8) is 0 Å². The Labute approximate surface area is 140 Å². The Morgan fingerprint density at radius 1 is 1.12 bits per heavy atom. The van der Waals surface area contributed by atoms with Gasteiger partial charge in [-0.2, -0.15) is 0 Å². The molecule has 1 aliphatic rings. The molecule has 3 rings (SSSR count). The van der Waals surface area contributed by atoms with Crippen LogP contribution in [0.4, 0.5) is 0 Å². The number of hydrogen-bond donors (Lipinski definition) is 1. The molecule has 24 heavy (non-hydrogen) atoms. The first kappa shape index (κ1) is 16.2. The van der Waals surface area contributed by atoms with E-state index in [2.05, 4.69) is 36.2 Å². The minimum atomic E-state index is -1.09. The molecule has 124 valence electrons. The predicted molar refractivity (Wildman–Crippen MR) is 89.9 cm³/mol. The third kappa shape index (κ3) is 3.62. The summed E-state index contributed by atoms with van der Waals surface area (Å²) in [5.41, 5.74) is 2.75. The third-order valence-corrected chi connectivity index (χ3v) is 4.26. The first-order chi connectivity index (χ1) is 11.6. The monoisotopic (exact) mass is 324 g/mol. The van der Waals surface area contributed by atoms with Gasteiger partial charge in [-0.3, -0.25) is 4.79 Å². The zero-order chi connectivity index (χ0) is 17.1. The maximum absolute atomic E-state index is 12.8. The summed E-state index contributed by atoms with van der Waals surface area (Å²) in [6.45, 7) is 2.68. The second-order valence-electron chi connectivity index (χ2n) is 6.07. The van der Waals surface area contributed by atoms with Gasteiger partial charge in [-0.05, 0) is 42.5 Å². The number of carboxylic acid groups (broad SMARTS) is 1. The summed E-state index contributed by atoms with van der Waals surface area (Å²) >= 11 is 0. The fraction of sp³-hybridized carbons (Fsp3) is 0.316. The third-order valence-electron chi connectivity index (χ3n) is 4.26. The molecular weight excluding hydrogens is 304 g/mol. The number of nitrogens with zero attached hydrogens (tertiary/aromatic N) is 2. The molecule has 1 amide bonds. The SMILES string of the molecule is CCc1ccc(CN(C(=O)c2ccc(C(=O)O)nc2)C2CC2)cc1. The maximum Gasteiger partial charge on any atom is 0.354 e. The van der Waals surface area contributed by atoms with Crippen molar-refractivity contribution in [2.45, 2.75) is 38.8 Å². The molecule has 1 aromatic carbocycles. The van der Waals surface area contributed by atoms with Crippen molar-refractivity contribution in [1.29, 1.82) is 0 Å². The summed E-state index contributed by atoms with van der Waals surface area (Å²) in [6.07, 6.45) is 4.37. The summed E-state index contributed by atoms with van der Waals surface area (Å²) in [4.78, 5) is 29.3. The molecule has 0 spiro atoms. The van der Waals surface area contributed by atoms with Crippen molar-refractivity contribution in [2.75, 3.05) is 0 Å². The lowest BCUT2D eigenvalue weighted by Gasteiger charge is -2.22. The van der Waals surface area contributed by atoms with Crippen LogP contribution in [0.15, 0.2) is 42.6 Å². The van der Waals surface area contributed by atoms with Crippen LogP contribution in [0.25, 0.3) is 0 Å². The molecule has 0 atom stereocenters. The number of carbonyl (C=O) groups excluding carboxylic acids is 1. The Kier molecular flexibility index (Phi) is 4.60. The van der Waals surface area contributed by atoms with Crippen LogP contribution in [0.2, 0.25) is 0 Å². The zero-order valence-corrected chi connectivity index (χ0v) is 13.6. The fourth-order valence-electron chi connectivity index (χ4n) is 2.64. The predicted octanol–water partition coefficient (Wildman–Crippen LogP) is 3.15. The highest BCUT2D eigenvalue weighted by Gasteiger charge is 2.33. The van der Waals surface area contributed by atoms with Gasteiger partial charge in [-0.15, -0.1) is 0 Å². The van der Waals surface area contributed by atoms with E-state index in [9.17, 15) is 9.59 Å². The van der Waals surface area contributed by atoms with E-state index in [1.165, 1.54) is 23.9 Å². The summed E-state index contributed by atoms with van der Waals surface area (Å²) < 4.78 is 0. The molecule has 1 aliphatic carbocycles. The van der Waals surface area contributed by atoms with Gasteiger partial charge in [0, 0.05) is 18.8 Å². The van der Waals surface area contributed by atoms with Crippen molar-refractivity contribution >= 4 is 11.9 Å². The molecule has 0 unspecified atom stereocenters. The van der Waals surface area contributed by atoms with Gasteiger partial charge in [0.25, 0.3) is 5.91 Å². The van der Waals surface area contributed by atoms with Crippen molar-refractivity contribution in [1.82, 2.24) is 9.88 Å². The van der Waals surface area contributed by atoms with E-state index >= 15 is 0 Å². The molecule has 1 heterocycles. The number of aromatic carboxylic acids is 1. The van der Waals surface area contributed by atoms with Crippen LogP contribution in [0.5, 0.6) is 0 Å². The molecule has 5 heteroatoms. The van der Waals surface area contributed by atoms with E-state index in [0.717, 1.165) is 24.8 Å². The lowest BCUT2D eigenvalue weighted by atomic mass is 10.1. The lowest BCUT2D eigenvalue weighted by Crippen LogP contribution is -2.32. The molecule has 0 aliphatic heterocycles. The quantitative estimate of drug-likeness (QED) is 0.886. The average Bonchev–Trinajstić information content (AvgIpc) is 3.44. The summed E-state index contributed by atoms with van der Waals surface area (Å²) in [5, 5.41) is 8.90. The fourth-order valence-corrected chi connectivity index (χ4v) is 2.64. The number of hydrogen-bond acceptors (Lipinski definition) is 3. The van der Waals surface area contributed by atoms with Crippen molar-refractivity contribution in [2.24, 2.45) is 0 Å². The van der Waals surface area contributed by atoms with Gasteiger partial charge in [0.05, 0.1) is 5.56 Å². The van der Waals surface area contributed by atoms with Gasteiger partial charge < -0.3 is 10.0 Å². The van der Waals surface area contributed by atoms with Gasteiger partial charge in [-0.25, -0.2) is 9.78 Å². The molecule has 0 radical (unpaired) electrons. The summed E-state index contributed by atoms with van der Waals surface area (Å²) in [7, 11) is 0. The van der Waals surface area contributed by atoms with Crippen molar-refractivity contribution in [3.8, 4) is 0 Å². The molecule has 1 aromatic heterocycles. The van der Waals surface area contributed by atoms with Gasteiger partial charge in [-0.1, -0.05) is 31.2 Å². The Morgan fingerprint density at radius 3 is 2.29 bits per heavy atom. The number of carbonyl (C=O) groups is 2. The molecule has 0 saturated heterocycles. The smallest absolute Gasteiger partial charge is 0.354 e.